The molecular formula is C9H13ClO3. The predicted molar refractivity (Wildman–Crippen MR) is 48.6 cm³/mol. The minimum atomic E-state index is -1.07. The molecule has 1 saturated carbocycles. The monoisotopic (exact) mass is 204 g/mol. The van der Waals surface area contributed by atoms with Crippen molar-refractivity contribution in [3.63, 3.8) is 0 Å². The van der Waals surface area contributed by atoms with Gasteiger partial charge in [0, 0.05) is 6.42 Å². The Morgan fingerprint density at radius 1 is 1.69 bits per heavy atom. The van der Waals surface area contributed by atoms with Crippen molar-refractivity contribution in [1.29, 1.82) is 0 Å². The number of alkyl halides is 1. The molecule has 13 heavy (non-hydrogen) atoms. The SMILES string of the molecule is COC(=O)C1(C(C)Cl)CCCC1=O. The van der Waals surface area contributed by atoms with Gasteiger partial charge in [-0.15, -0.1) is 11.6 Å². The molecule has 0 aliphatic heterocycles. The van der Waals surface area contributed by atoms with Crippen LogP contribution in [-0.2, 0) is 14.3 Å². The van der Waals surface area contributed by atoms with Gasteiger partial charge in [0.2, 0.25) is 0 Å². The van der Waals surface area contributed by atoms with Gasteiger partial charge in [0.15, 0.2) is 5.78 Å². The molecule has 1 fully saturated rings. The normalized spacial score (nSPS) is 30.2. The van der Waals surface area contributed by atoms with E-state index >= 15 is 0 Å². The molecule has 0 saturated heterocycles. The van der Waals surface area contributed by atoms with Crippen LogP contribution >= 0.6 is 11.6 Å². The Morgan fingerprint density at radius 2 is 2.31 bits per heavy atom. The van der Waals surface area contributed by atoms with Crippen molar-refractivity contribution in [1.82, 2.24) is 0 Å². The third-order valence-electron chi connectivity index (χ3n) is 2.70. The number of esters is 1. The van der Waals surface area contributed by atoms with Crippen molar-refractivity contribution in [2.24, 2.45) is 5.41 Å². The Balaban J connectivity index is 3.00. The molecule has 0 amide bonds. The maximum atomic E-state index is 11.6. The zero-order valence-electron chi connectivity index (χ0n) is 7.80. The molecule has 1 rings (SSSR count). The van der Waals surface area contributed by atoms with Crippen molar-refractivity contribution >= 4 is 23.4 Å². The second kappa shape index (κ2) is 3.66. The summed E-state index contributed by atoms with van der Waals surface area (Å²) in [4.78, 5) is 23.0. The molecule has 0 heterocycles. The van der Waals surface area contributed by atoms with E-state index < -0.39 is 16.8 Å². The van der Waals surface area contributed by atoms with Crippen LogP contribution in [-0.4, -0.2) is 24.2 Å². The molecule has 0 aromatic rings. The predicted octanol–water partition coefficient (Wildman–Crippen LogP) is 1.53. The molecule has 1 aliphatic rings. The van der Waals surface area contributed by atoms with Crippen LogP contribution in [0.15, 0.2) is 0 Å². The van der Waals surface area contributed by atoms with E-state index in [2.05, 4.69) is 4.74 Å². The Hall–Kier alpha value is -0.570. The maximum absolute atomic E-state index is 11.6. The minimum absolute atomic E-state index is 0.0816. The van der Waals surface area contributed by atoms with Gasteiger partial charge in [0.05, 0.1) is 12.5 Å². The molecule has 4 heteroatoms. The second-order valence-corrected chi connectivity index (χ2v) is 4.01. The standard InChI is InChI=1S/C9H13ClO3/c1-6(10)9(8(12)13-2)5-3-4-7(9)11/h6H,3-5H2,1-2H3. The minimum Gasteiger partial charge on any atom is -0.468 e. The number of hydrogen-bond acceptors (Lipinski definition) is 3. The topological polar surface area (TPSA) is 43.4 Å². The van der Waals surface area contributed by atoms with Crippen molar-refractivity contribution in [3.05, 3.63) is 0 Å². The van der Waals surface area contributed by atoms with Crippen LogP contribution in [0.25, 0.3) is 0 Å². The zero-order valence-corrected chi connectivity index (χ0v) is 8.56. The summed E-state index contributed by atoms with van der Waals surface area (Å²) in [5, 5.41) is -0.491. The van der Waals surface area contributed by atoms with E-state index in [1.807, 2.05) is 0 Å². The van der Waals surface area contributed by atoms with Crippen LogP contribution in [0.5, 0.6) is 0 Å². The first kappa shape index (κ1) is 10.5. The Kier molecular flexibility index (Phi) is 2.96. The summed E-state index contributed by atoms with van der Waals surface area (Å²) in [6.45, 7) is 1.67. The van der Waals surface area contributed by atoms with E-state index in [9.17, 15) is 9.59 Å². The molecule has 2 unspecified atom stereocenters. The summed E-state index contributed by atoms with van der Waals surface area (Å²) in [6.07, 6.45) is 1.68. The van der Waals surface area contributed by atoms with Gasteiger partial charge in [-0.2, -0.15) is 0 Å². The lowest BCUT2D eigenvalue weighted by atomic mass is 9.82. The molecule has 0 aromatic heterocycles. The lowest BCUT2D eigenvalue weighted by Crippen LogP contribution is -2.42. The highest BCUT2D eigenvalue weighted by Gasteiger charge is 2.53. The van der Waals surface area contributed by atoms with Crippen LogP contribution < -0.4 is 0 Å². The van der Waals surface area contributed by atoms with Crippen LogP contribution in [0.3, 0.4) is 0 Å². The Labute approximate surface area is 82.4 Å². The van der Waals surface area contributed by atoms with E-state index in [1.165, 1.54) is 7.11 Å². The third-order valence-corrected chi connectivity index (χ3v) is 3.07. The van der Waals surface area contributed by atoms with E-state index in [-0.39, 0.29) is 5.78 Å². The van der Waals surface area contributed by atoms with Crippen molar-refractivity contribution in [2.75, 3.05) is 7.11 Å². The highest BCUT2D eigenvalue weighted by Crippen LogP contribution is 2.41. The smallest absolute Gasteiger partial charge is 0.320 e. The number of ketones is 1. The van der Waals surface area contributed by atoms with Gasteiger partial charge in [-0.1, -0.05) is 0 Å². The van der Waals surface area contributed by atoms with Crippen LogP contribution in [0.4, 0.5) is 0 Å². The van der Waals surface area contributed by atoms with Crippen molar-refractivity contribution in [3.8, 4) is 0 Å². The molecule has 0 N–H and O–H groups in total. The van der Waals surface area contributed by atoms with Gasteiger partial charge >= 0.3 is 5.97 Å². The average molecular weight is 205 g/mol. The summed E-state index contributed by atoms with van der Waals surface area (Å²) >= 11 is 5.89. The first-order valence-electron chi connectivity index (χ1n) is 4.31. The fourth-order valence-corrected chi connectivity index (χ4v) is 2.19. The van der Waals surface area contributed by atoms with Gasteiger partial charge in [-0.25, -0.2) is 0 Å². The fourth-order valence-electron chi connectivity index (χ4n) is 1.87. The highest BCUT2D eigenvalue weighted by molar-refractivity contribution is 6.26. The first-order valence-corrected chi connectivity index (χ1v) is 4.75. The van der Waals surface area contributed by atoms with Gasteiger partial charge < -0.3 is 4.74 Å². The fraction of sp³-hybridized carbons (Fsp3) is 0.778. The summed E-state index contributed by atoms with van der Waals surface area (Å²) in [6, 6.07) is 0. The number of halogens is 1. The Morgan fingerprint density at radius 3 is 2.62 bits per heavy atom. The molecule has 0 radical (unpaired) electrons. The van der Waals surface area contributed by atoms with Crippen LogP contribution in [0, 0.1) is 5.41 Å². The number of hydrogen-bond donors (Lipinski definition) is 0. The van der Waals surface area contributed by atoms with E-state index in [1.54, 1.807) is 6.92 Å². The second-order valence-electron chi connectivity index (χ2n) is 3.36. The summed E-state index contributed by atoms with van der Waals surface area (Å²) in [7, 11) is 1.29. The van der Waals surface area contributed by atoms with Gasteiger partial charge in [-0.3, -0.25) is 9.59 Å². The van der Waals surface area contributed by atoms with Crippen LogP contribution in [0.1, 0.15) is 26.2 Å². The molecular weight excluding hydrogens is 192 g/mol. The lowest BCUT2D eigenvalue weighted by Gasteiger charge is -2.26. The Bertz CT molecular complexity index is 237. The maximum Gasteiger partial charge on any atom is 0.320 e. The van der Waals surface area contributed by atoms with Crippen molar-refractivity contribution in [2.45, 2.75) is 31.6 Å². The van der Waals surface area contributed by atoms with Gasteiger partial charge in [0.1, 0.15) is 5.41 Å². The number of ether oxygens (including phenoxy) is 1. The molecule has 1 aliphatic carbocycles. The van der Waals surface area contributed by atoms with Gasteiger partial charge in [-0.05, 0) is 19.8 Å². The van der Waals surface area contributed by atoms with E-state index in [0.717, 1.165) is 6.42 Å². The van der Waals surface area contributed by atoms with Gasteiger partial charge in [0.25, 0.3) is 0 Å². The van der Waals surface area contributed by atoms with Crippen molar-refractivity contribution < 1.29 is 14.3 Å². The van der Waals surface area contributed by atoms with E-state index in [0.29, 0.717) is 12.8 Å². The summed E-state index contributed by atoms with van der Waals surface area (Å²) in [5.41, 5.74) is -1.07. The summed E-state index contributed by atoms with van der Waals surface area (Å²) < 4.78 is 4.62. The summed E-state index contributed by atoms with van der Waals surface area (Å²) in [5.74, 6) is -0.570. The third kappa shape index (κ3) is 1.46. The number of Topliss-reactive ketones (excluding diaryl/α,β-unsaturated/α-hetero) is 1. The molecule has 74 valence electrons. The quantitative estimate of drug-likeness (QED) is 0.389. The molecule has 0 aromatic carbocycles. The number of methoxy groups -OCH3 is 1. The van der Waals surface area contributed by atoms with Crippen LogP contribution in [0.2, 0.25) is 0 Å². The average Bonchev–Trinajstić information content (AvgIpc) is 2.47. The molecule has 0 spiro atoms. The lowest BCUT2D eigenvalue weighted by molar-refractivity contribution is -0.156. The highest BCUT2D eigenvalue weighted by atomic mass is 35.5. The number of carbonyl (C=O) groups is 2. The molecule has 0 bridgehead atoms. The molecule has 2 atom stereocenters. The largest absolute Gasteiger partial charge is 0.468 e. The first-order chi connectivity index (χ1) is 6.05. The molecule has 3 nitrogen and oxygen atoms in total. The van der Waals surface area contributed by atoms with E-state index in [4.69, 9.17) is 11.6 Å². The number of rotatable bonds is 2. The number of carbonyl (C=O) groups excluding carboxylic acids is 2. The zero-order chi connectivity index (χ0) is 10.1.